The summed E-state index contributed by atoms with van der Waals surface area (Å²) in [7, 11) is -3.64. The average molecular weight is 306 g/mol. The first kappa shape index (κ1) is 13.7. The lowest BCUT2D eigenvalue weighted by molar-refractivity contribution is 0.382. The zero-order chi connectivity index (χ0) is 14.9. The van der Waals surface area contributed by atoms with E-state index in [4.69, 9.17) is 4.52 Å². The van der Waals surface area contributed by atoms with Crippen LogP contribution in [0.1, 0.15) is 25.1 Å². The summed E-state index contributed by atoms with van der Waals surface area (Å²) < 4.78 is 29.6. The molecule has 0 unspecified atom stereocenters. The zero-order valence-electron chi connectivity index (χ0n) is 11.4. The van der Waals surface area contributed by atoms with Gasteiger partial charge in [0, 0.05) is 6.42 Å². The van der Waals surface area contributed by atoms with E-state index >= 15 is 0 Å². The molecule has 0 aliphatic rings. The minimum Gasteiger partial charge on any atom is -0.338 e. The van der Waals surface area contributed by atoms with E-state index in [1.54, 1.807) is 18.2 Å². The fourth-order valence-corrected chi connectivity index (χ4v) is 3.06. The Kier molecular flexibility index (Phi) is 3.46. The Labute approximate surface area is 121 Å². The van der Waals surface area contributed by atoms with Gasteiger partial charge in [-0.3, -0.25) is 0 Å². The van der Waals surface area contributed by atoms with E-state index in [0.29, 0.717) is 23.3 Å². The molecule has 0 radical (unpaired) electrons. The summed E-state index contributed by atoms with van der Waals surface area (Å²) in [5.74, 6) is 0.245. The highest BCUT2D eigenvalue weighted by atomic mass is 32.2. The maximum atomic E-state index is 12.3. The monoisotopic (exact) mass is 306 g/mol. The van der Waals surface area contributed by atoms with Crippen LogP contribution in [0.5, 0.6) is 0 Å². The number of para-hydroxylation sites is 2. The summed E-state index contributed by atoms with van der Waals surface area (Å²) in [4.78, 5) is 11.0. The van der Waals surface area contributed by atoms with Gasteiger partial charge in [0.1, 0.15) is 5.75 Å². The number of nitrogens with zero attached hydrogens (tertiary/aromatic N) is 3. The zero-order valence-corrected chi connectivity index (χ0v) is 12.2. The number of H-pyrrole nitrogens is 1. The van der Waals surface area contributed by atoms with Crippen molar-refractivity contribution in [3.05, 3.63) is 36.0 Å². The van der Waals surface area contributed by atoms with E-state index < -0.39 is 9.84 Å². The maximum absolute atomic E-state index is 12.3. The van der Waals surface area contributed by atoms with Crippen molar-refractivity contribution in [1.82, 2.24) is 20.1 Å². The maximum Gasteiger partial charge on any atom is 0.242 e. The van der Waals surface area contributed by atoms with E-state index in [2.05, 4.69) is 20.1 Å². The molecule has 1 aromatic carbocycles. The molecule has 0 saturated heterocycles. The van der Waals surface area contributed by atoms with Crippen LogP contribution < -0.4 is 0 Å². The first-order valence-corrected chi connectivity index (χ1v) is 8.22. The molecule has 0 fully saturated rings. The first-order chi connectivity index (χ1) is 10.1. The molecule has 2 heterocycles. The molecule has 8 heteroatoms. The number of rotatable bonds is 5. The Morgan fingerprint density at radius 2 is 2.05 bits per heavy atom. The molecule has 0 saturated carbocycles. The normalized spacial score (nSPS) is 12.0. The summed E-state index contributed by atoms with van der Waals surface area (Å²) in [5.41, 5.74) is 1.28. The van der Waals surface area contributed by atoms with Crippen molar-refractivity contribution in [2.24, 2.45) is 0 Å². The molecule has 2 aromatic heterocycles. The van der Waals surface area contributed by atoms with E-state index in [9.17, 15) is 8.42 Å². The van der Waals surface area contributed by atoms with Gasteiger partial charge in [0.2, 0.25) is 20.9 Å². The van der Waals surface area contributed by atoms with Gasteiger partial charge in [-0.1, -0.05) is 24.2 Å². The number of fused-ring (bicyclic) bond motifs is 1. The molecule has 1 N–H and O–H groups in total. The largest absolute Gasteiger partial charge is 0.338 e. The van der Waals surface area contributed by atoms with E-state index in [0.717, 1.165) is 6.42 Å². The number of aromatic amines is 1. The van der Waals surface area contributed by atoms with Crippen LogP contribution in [0.4, 0.5) is 0 Å². The number of hydrogen-bond donors (Lipinski definition) is 1. The third kappa shape index (κ3) is 2.80. The SMILES string of the molecule is CCCc1noc(CS(=O)(=O)c2nc3ccccc3[nH]2)n1. The van der Waals surface area contributed by atoms with Crippen LogP contribution in [0.25, 0.3) is 11.0 Å². The summed E-state index contributed by atoms with van der Waals surface area (Å²) in [6, 6.07) is 7.13. The molecule has 0 amide bonds. The second-order valence-corrected chi connectivity index (χ2v) is 6.58. The molecule has 0 spiro atoms. The third-order valence-electron chi connectivity index (χ3n) is 2.96. The molecule has 110 valence electrons. The second kappa shape index (κ2) is 5.28. The molecule has 7 nitrogen and oxygen atoms in total. The lowest BCUT2D eigenvalue weighted by Crippen LogP contribution is -2.07. The van der Waals surface area contributed by atoms with Crippen LogP contribution in [-0.2, 0) is 22.0 Å². The number of aryl methyl sites for hydroxylation is 1. The number of imidazole rings is 1. The number of aromatic nitrogens is 4. The molecule has 0 atom stereocenters. The van der Waals surface area contributed by atoms with Crippen LogP contribution in [0.3, 0.4) is 0 Å². The van der Waals surface area contributed by atoms with Crippen molar-refractivity contribution in [1.29, 1.82) is 0 Å². The highest BCUT2D eigenvalue weighted by Gasteiger charge is 2.23. The van der Waals surface area contributed by atoms with Crippen LogP contribution in [0, 0.1) is 0 Å². The van der Waals surface area contributed by atoms with Gasteiger partial charge in [0.25, 0.3) is 0 Å². The van der Waals surface area contributed by atoms with Gasteiger partial charge in [-0.2, -0.15) is 4.98 Å². The topological polar surface area (TPSA) is 102 Å². The van der Waals surface area contributed by atoms with Crippen LogP contribution in [0.2, 0.25) is 0 Å². The minimum absolute atomic E-state index is 0.0823. The highest BCUT2D eigenvalue weighted by molar-refractivity contribution is 7.90. The van der Waals surface area contributed by atoms with Gasteiger partial charge in [0.15, 0.2) is 5.82 Å². The predicted octanol–water partition coefficient (Wildman–Crippen LogP) is 1.87. The van der Waals surface area contributed by atoms with Gasteiger partial charge in [0.05, 0.1) is 11.0 Å². The van der Waals surface area contributed by atoms with Crippen molar-refractivity contribution in [2.45, 2.75) is 30.7 Å². The van der Waals surface area contributed by atoms with E-state index in [-0.39, 0.29) is 16.8 Å². The Balaban J connectivity index is 1.88. The second-order valence-electron chi connectivity index (χ2n) is 4.67. The van der Waals surface area contributed by atoms with Gasteiger partial charge in [-0.25, -0.2) is 13.4 Å². The average Bonchev–Trinajstić information content (AvgIpc) is 3.05. The standard InChI is InChI=1S/C13H14N4O3S/c1-2-5-11-16-12(20-17-11)8-21(18,19)13-14-9-6-3-4-7-10(9)15-13/h3-4,6-7H,2,5,8H2,1H3,(H,14,15). The van der Waals surface area contributed by atoms with Crippen molar-refractivity contribution in [2.75, 3.05) is 0 Å². The quantitative estimate of drug-likeness (QED) is 0.772. The van der Waals surface area contributed by atoms with Gasteiger partial charge in [-0.15, -0.1) is 0 Å². The van der Waals surface area contributed by atoms with Crippen molar-refractivity contribution < 1.29 is 12.9 Å². The Bertz CT molecular complexity index is 833. The lowest BCUT2D eigenvalue weighted by atomic mass is 10.3. The van der Waals surface area contributed by atoms with Gasteiger partial charge in [-0.05, 0) is 18.6 Å². The molecule has 21 heavy (non-hydrogen) atoms. The third-order valence-corrected chi connectivity index (χ3v) is 4.37. The summed E-state index contributed by atoms with van der Waals surface area (Å²) >= 11 is 0. The van der Waals surface area contributed by atoms with Crippen molar-refractivity contribution in [3.8, 4) is 0 Å². The summed E-state index contributed by atoms with van der Waals surface area (Å²) in [6.07, 6.45) is 1.53. The summed E-state index contributed by atoms with van der Waals surface area (Å²) in [5, 5.41) is 3.66. The van der Waals surface area contributed by atoms with E-state index in [1.807, 2.05) is 13.0 Å². The number of hydrogen-bond acceptors (Lipinski definition) is 6. The Morgan fingerprint density at radius 1 is 1.24 bits per heavy atom. The lowest BCUT2D eigenvalue weighted by Gasteiger charge is -1.95. The molecule has 0 aliphatic carbocycles. The Hall–Kier alpha value is -2.22. The number of benzene rings is 1. The fourth-order valence-electron chi connectivity index (χ4n) is 1.98. The number of nitrogens with one attached hydrogen (secondary N) is 1. The molecular formula is C13H14N4O3S. The predicted molar refractivity (Wildman–Crippen MR) is 75.3 cm³/mol. The number of sulfone groups is 1. The smallest absolute Gasteiger partial charge is 0.242 e. The van der Waals surface area contributed by atoms with Gasteiger partial charge < -0.3 is 9.51 Å². The molecule has 3 rings (SSSR count). The van der Waals surface area contributed by atoms with Crippen molar-refractivity contribution >= 4 is 20.9 Å². The Morgan fingerprint density at radius 3 is 2.81 bits per heavy atom. The molecular weight excluding hydrogens is 292 g/mol. The highest BCUT2D eigenvalue weighted by Crippen LogP contribution is 2.17. The first-order valence-electron chi connectivity index (χ1n) is 6.57. The fraction of sp³-hybridized carbons (Fsp3) is 0.308. The minimum atomic E-state index is -3.64. The van der Waals surface area contributed by atoms with Crippen LogP contribution >= 0.6 is 0 Å². The van der Waals surface area contributed by atoms with E-state index in [1.165, 1.54) is 0 Å². The molecule has 3 aromatic rings. The van der Waals surface area contributed by atoms with Crippen LogP contribution in [0.15, 0.2) is 33.9 Å². The summed E-state index contributed by atoms with van der Waals surface area (Å²) in [6.45, 7) is 1.99. The van der Waals surface area contributed by atoms with Crippen LogP contribution in [-0.4, -0.2) is 28.5 Å². The molecule has 0 aliphatic heterocycles. The van der Waals surface area contributed by atoms with Crippen molar-refractivity contribution in [3.63, 3.8) is 0 Å². The van der Waals surface area contributed by atoms with Gasteiger partial charge >= 0.3 is 0 Å². The molecule has 0 bridgehead atoms.